The van der Waals surface area contributed by atoms with E-state index in [1.54, 1.807) is 23.4 Å². The molecular formula is C53H55F3N10O6. The molecule has 0 radical (unpaired) electrons. The summed E-state index contributed by atoms with van der Waals surface area (Å²) in [6, 6.07) is 21.0. The van der Waals surface area contributed by atoms with Crippen LogP contribution in [-0.4, -0.2) is 113 Å². The number of alkyl halides is 3. The predicted molar refractivity (Wildman–Crippen MR) is 258 cm³/mol. The van der Waals surface area contributed by atoms with Crippen molar-refractivity contribution >= 4 is 34.8 Å². The van der Waals surface area contributed by atoms with Gasteiger partial charge in [-0.25, -0.2) is 4.79 Å². The van der Waals surface area contributed by atoms with Crippen molar-refractivity contribution in [2.75, 3.05) is 44.2 Å². The van der Waals surface area contributed by atoms with Gasteiger partial charge in [0.05, 0.1) is 29.5 Å². The molecule has 7 heterocycles. The standard InChI is InChI=1S/C53H55F3N10O6/c1-60-32-57-59-48(60)47(35-4-2-5-35)37-6-3-7-40(25-37)64-30-45-43(53(54,55)56)24-34(28-66(45)52(64)71)27-61-18-16-41(17-19-61)72-31-33-8-10-36(11-9-33)50(69)63-22-20-62(21-23-63)39-12-13-42-38(26-39)29-65(51(42)70)44-14-15-46(67)58-49(44)68/h3,6-13,24-26,28,30,32,35,41,44,47H,2,4-5,14-23,27,29,31H2,1H3,(H,58,67,68)/t44?,47-/m1/s1. The monoisotopic (exact) mass is 984 g/mol. The third kappa shape index (κ3) is 9.19. The fourth-order valence-electron chi connectivity index (χ4n) is 11.1. The first kappa shape index (κ1) is 47.2. The van der Waals surface area contributed by atoms with E-state index in [0.29, 0.717) is 100.0 Å². The van der Waals surface area contributed by atoms with Gasteiger partial charge in [-0.05, 0) is 109 Å². The van der Waals surface area contributed by atoms with Gasteiger partial charge in [-0.2, -0.15) is 13.2 Å². The number of hydrogen-bond acceptors (Lipinski definition) is 10. The molecule has 5 aliphatic rings. The minimum atomic E-state index is -4.69. The Morgan fingerprint density at radius 3 is 2.32 bits per heavy atom. The molecule has 4 amide bonds. The number of imide groups is 1. The summed E-state index contributed by atoms with van der Waals surface area (Å²) in [5.41, 5.74) is 4.02. The Labute approximate surface area is 413 Å². The van der Waals surface area contributed by atoms with Crippen LogP contribution in [0.15, 0.2) is 96.3 Å². The smallest absolute Gasteiger partial charge is 0.373 e. The molecule has 0 spiro atoms. The summed E-state index contributed by atoms with van der Waals surface area (Å²) in [5, 5.41) is 10.8. The van der Waals surface area contributed by atoms with E-state index in [4.69, 9.17) is 4.74 Å². The first-order valence-corrected chi connectivity index (χ1v) is 24.8. The molecule has 72 heavy (non-hydrogen) atoms. The quantitative estimate of drug-likeness (QED) is 0.143. The van der Waals surface area contributed by atoms with Crippen LogP contribution in [0.3, 0.4) is 0 Å². The molecule has 16 nitrogen and oxygen atoms in total. The van der Waals surface area contributed by atoms with Gasteiger partial charge < -0.3 is 24.0 Å². The fourth-order valence-corrected chi connectivity index (χ4v) is 11.1. The number of likely N-dealkylation sites (tertiary alicyclic amines) is 1. The number of amides is 4. The number of nitrogens with one attached hydrogen (secondary N) is 1. The number of piperazine rings is 1. The van der Waals surface area contributed by atoms with Crippen molar-refractivity contribution in [3.05, 3.63) is 147 Å². The molecule has 374 valence electrons. The lowest BCUT2D eigenvalue weighted by Crippen LogP contribution is -2.52. The van der Waals surface area contributed by atoms with Crippen LogP contribution in [0, 0.1) is 5.92 Å². The number of carbonyl (C=O) groups excluding carboxylic acids is 4. The van der Waals surface area contributed by atoms with Gasteiger partial charge in [0.2, 0.25) is 11.8 Å². The van der Waals surface area contributed by atoms with Crippen LogP contribution in [-0.2, 0) is 47.2 Å². The van der Waals surface area contributed by atoms with Gasteiger partial charge in [0.25, 0.3) is 11.8 Å². The predicted octanol–water partition coefficient (Wildman–Crippen LogP) is 6.07. The van der Waals surface area contributed by atoms with Crippen LogP contribution in [0.1, 0.15) is 105 Å². The molecule has 0 bridgehead atoms. The van der Waals surface area contributed by atoms with Crippen molar-refractivity contribution in [1.82, 2.24) is 43.7 Å². The lowest BCUT2D eigenvalue weighted by Gasteiger charge is -2.36. The van der Waals surface area contributed by atoms with Crippen LogP contribution >= 0.6 is 0 Å². The Morgan fingerprint density at radius 2 is 1.62 bits per heavy atom. The van der Waals surface area contributed by atoms with Crippen LogP contribution in [0.5, 0.6) is 0 Å². The van der Waals surface area contributed by atoms with Gasteiger partial charge in [-0.3, -0.25) is 38.4 Å². The SMILES string of the molecule is Cn1cnnc1[C@@H](c1cccc(-n2cc3c(C(F)(F)F)cc(CN4CCC(OCc5ccc(C(=O)N6CCN(c7ccc8c(c7)CN(C7CCC(=O)NC7=O)C8=O)CC6)cc5)CC4)cn3c2=O)c1)C1CCC1. The number of nitrogens with zero attached hydrogens (tertiary/aromatic N) is 9. The molecule has 1 aliphatic carbocycles. The molecule has 4 fully saturated rings. The number of imidazole rings is 1. The Hall–Kier alpha value is -7.12. The maximum atomic E-state index is 14.7. The van der Waals surface area contributed by atoms with E-state index in [1.165, 1.54) is 17.0 Å². The van der Waals surface area contributed by atoms with Crippen LogP contribution in [0.2, 0.25) is 0 Å². The van der Waals surface area contributed by atoms with Crippen molar-refractivity contribution in [3.63, 3.8) is 0 Å². The van der Waals surface area contributed by atoms with Crippen molar-refractivity contribution in [2.45, 2.75) is 88.9 Å². The molecule has 1 unspecified atom stereocenters. The zero-order valence-corrected chi connectivity index (χ0v) is 39.9. The van der Waals surface area contributed by atoms with Gasteiger partial charge in [-0.1, -0.05) is 30.7 Å². The minimum Gasteiger partial charge on any atom is -0.373 e. The normalized spacial score (nSPS) is 19.8. The lowest BCUT2D eigenvalue weighted by molar-refractivity contribution is -0.137. The lowest BCUT2D eigenvalue weighted by atomic mass is 9.72. The molecule has 3 aromatic carbocycles. The van der Waals surface area contributed by atoms with E-state index in [2.05, 4.69) is 25.3 Å². The van der Waals surface area contributed by atoms with E-state index in [-0.39, 0.29) is 48.2 Å². The average Bonchev–Trinajstić information content (AvgIpc) is 4.05. The van der Waals surface area contributed by atoms with Crippen molar-refractivity contribution in [1.29, 1.82) is 0 Å². The van der Waals surface area contributed by atoms with Gasteiger partial charge in [0.1, 0.15) is 18.2 Å². The second-order valence-corrected chi connectivity index (χ2v) is 19.9. The number of halogens is 3. The first-order valence-electron chi connectivity index (χ1n) is 24.8. The number of benzene rings is 3. The molecule has 4 aliphatic heterocycles. The van der Waals surface area contributed by atoms with Gasteiger partial charge in [0.15, 0.2) is 0 Å². The van der Waals surface area contributed by atoms with E-state index in [0.717, 1.165) is 57.9 Å². The zero-order valence-electron chi connectivity index (χ0n) is 39.9. The number of pyridine rings is 1. The van der Waals surface area contributed by atoms with Gasteiger partial charge in [0, 0.05) is 101 Å². The highest BCUT2D eigenvalue weighted by atomic mass is 19.4. The molecule has 3 saturated heterocycles. The van der Waals surface area contributed by atoms with Crippen molar-refractivity contribution in [2.24, 2.45) is 13.0 Å². The number of carbonyl (C=O) groups is 4. The topological polar surface area (TPSA) is 160 Å². The Morgan fingerprint density at radius 1 is 0.847 bits per heavy atom. The second kappa shape index (κ2) is 19.1. The summed E-state index contributed by atoms with van der Waals surface area (Å²) < 4.78 is 54.7. The number of fused-ring (bicyclic) bond motifs is 2. The minimum absolute atomic E-state index is 0.0486. The summed E-state index contributed by atoms with van der Waals surface area (Å²) in [6.45, 7) is 4.38. The highest BCUT2D eigenvalue weighted by molar-refractivity contribution is 6.05. The third-order valence-electron chi connectivity index (χ3n) is 15.3. The fraction of sp³-hybridized carbons (Fsp3) is 0.415. The highest BCUT2D eigenvalue weighted by Gasteiger charge is 2.40. The summed E-state index contributed by atoms with van der Waals surface area (Å²) in [6.07, 6.45) is 4.81. The van der Waals surface area contributed by atoms with Crippen LogP contribution in [0.25, 0.3) is 11.2 Å². The number of piperidine rings is 2. The van der Waals surface area contributed by atoms with E-state index < -0.39 is 29.4 Å². The van der Waals surface area contributed by atoms with Crippen LogP contribution in [0.4, 0.5) is 18.9 Å². The first-order chi connectivity index (χ1) is 34.7. The number of aryl methyl sites for hydroxylation is 1. The molecule has 6 aromatic rings. The molecule has 11 rings (SSSR count). The van der Waals surface area contributed by atoms with Crippen molar-refractivity contribution < 1.29 is 37.1 Å². The van der Waals surface area contributed by atoms with Gasteiger partial charge in [-0.15, -0.1) is 10.2 Å². The van der Waals surface area contributed by atoms with E-state index >= 15 is 0 Å². The zero-order chi connectivity index (χ0) is 49.8. The molecular weight excluding hydrogens is 930 g/mol. The summed E-state index contributed by atoms with van der Waals surface area (Å²) in [5.74, 6) is 0.0854. The second-order valence-electron chi connectivity index (χ2n) is 19.9. The number of anilines is 1. The van der Waals surface area contributed by atoms with Crippen LogP contribution < -0.4 is 15.9 Å². The van der Waals surface area contributed by atoms with E-state index in [1.807, 2.05) is 71.1 Å². The number of rotatable bonds is 12. The maximum Gasteiger partial charge on any atom is 0.418 e. The Balaban J connectivity index is 0.672. The van der Waals surface area contributed by atoms with Crippen molar-refractivity contribution in [3.8, 4) is 5.69 Å². The molecule has 1 N–H and O–H groups in total. The average molecular weight is 985 g/mol. The summed E-state index contributed by atoms with van der Waals surface area (Å²) in [4.78, 5) is 72.5. The molecule has 19 heteroatoms. The van der Waals surface area contributed by atoms with Gasteiger partial charge >= 0.3 is 11.9 Å². The summed E-state index contributed by atoms with van der Waals surface area (Å²) >= 11 is 0. The largest absolute Gasteiger partial charge is 0.418 e. The molecule has 3 aromatic heterocycles. The summed E-state index contributed by atoms with van der Waals surface area (Å²) in [7, 11) is 1.90. The Bertz CT molecular complexity index is 3130. The third-order valence-corrected chi connectivity index (χ3v) is 15.3. The van der Waals surface area contributed by atoms with E-state index in [9.17, 15) is 37.1 Å². The number of ether oxygens (including phenoxy) is 1. The highest BCUT2D eigenvalue weighted by Crippen LogP contribution is 2.43. The maximum absolute atomic E-state index is 14.7. The molecule has 2 atom stereocenters. The number of hydrogen-bond donors (Lipinski definition) is 1. The molecule has 1 saturated carbocycles. The number of aromatic nitrogens is 5. The Kier molecular flexibility index (Phi) is 12.6.